The van der Waals surface area contributed by atoms with Crippen molar-refractivity contribution in [3.63, 3.8) is 0 Å². The van der Waals surface area contributed by atoms with Gasteiger partial charge in [-0.1, -0.05) is 27.7 Å². The van der Waals surface area contributed by atoms with Gasteiger partial charge in [-0.2, -0.15) is 5.10 Å². The van der Waals surface area contributed by atoms with Gasteiger partial charge in [0.1, 0.15) is 12.2 Å². The van der Waals surface area contributed by atoms with Crippen LogP contribution < -0.4 is 0 Å². The molecule has 0 amide bonds. The molecular weight excluding hydrogens is 252 g/mol. The molecule has 5 nitrogen and oxygen atoms in total. The molecule has 2 heterocycles. The topological polar surface area (TPSA) is 52.7 Å². The maximum Gasteiger partial charge on any atom is 0.166 e. The summed E-state index contributed by atoms with van der Waals surface area (Å²) >= 11 is 0. The number of nitrogens with zero attached hydrogens (tertiary/aromatic N) is 4. The number of aromatic nitrogens is 4. The highest BCUT2D eigenvalue weighted by Crippen LogP contribution is 2.10. The van der Waals surface area contributed by atoms with Gasteiger partial charge < -0.3 is 4.57 Å². The fourth-order valence-electron chi connectivity index (χ4n) is 2.09. The first-order chi connectivity index (χ1) is 9.47. The highest BCUT2D eigenvalue weighted by Gasteiger charge is 2.13. The maximum absolute atomic E-state index is 11.9. The second-order valence-corrected chi connectivity index (χ2v) is 5.84. The van der Waals surface area contributed by atoms with Crippen molar-refractivity contribution in [3.05, 3.63) is 36.2 Å². The third-order valence-electron chi connectivity index (χ3n) is 3.12. The third-order valence-corrected chi connectivity index (χ3v) is 3.12. The molecule has 2 aromatic heterocycles. The van der Waals surface area contributed by atoms with E-state index >= 15 is 0 Å². The van der Waals surface area contributed by atoms with Crippen LogP contribution in [0.3, 0.4) is 0 Å². The van der Waals surface area contributed by atoms with Crippen molar-refractivity contribution in [2.75, 3.05) is 0 Å². The average Bonchev–Trinajstić information content (AvgIpc) is 2.98. The summed E-state index contributed by atoms with van der Waals surface area (Å²) in [5.74, 6) is 1.64. The van der Waals surface area contributed by atoms with Crippen LogP contribution in [0.2, 0.25) is 0 Å². The molecule has 20 heavy (non-hydrogen) atoms. The minimum absolute atomic E-state index is 0.0236. The van der Waals surface area contributed by atoms with Crippen molar-refractivity contribution in [1.29, 1.82) is 0 Å². The monoisotopic (exact) mass is 274 g/mol. The van der Waals surface area contributed by atoms with E-state index in [-0.39, 0.29) is 11.7 Å². The van der Waals surface area contributed by atoms with Crippen molar-refractivity contribution < 1.29 is 4.79 Å². The summed E-state index contributed by atoms with van der Waals surface area (Å²) in [4.78, 5) is 16.2. The van der Waals surface area contributed by atoms with Crippen LogP contribution in [0.1, 0.15) is 43.9 Å². The van der Waals surface area contributed by atoms with Crippen LogP contribution in [0.5, 0.6) is 0 Å². The zero-order valence-electron chi connectivity index (χ0n) is 12.6. The Morgan fingerprint density at radius 1 is 1.30 bits per heavy atom. The van der Waals surface area contributed by atoms with Gasteiger partial charge in [-0.05, 0) is 12.0 Å². The lowest BCUT2D eigenvalue weighted by molar-refractivity contribution is 0.0939. The fourth-order valence-corrected chi connectivity index (χ4v) is 2.09. The maximum atomic E-state index is 11.9. The van der Waals surface area contributed by atoms with Gasteiger partial charge in [0.2, 0.25) is 0 Å². The predicted octanol–water partition coefficient (Wildman–Crippen LogP) is 2.62. The summed E-state index contributed by atoms with van der Waals surface area (Å²) in [5.41, 5.74) is 0.759. The van der Waals surface area contributed by atoms with Crippen LogP contribution in [-0.2, 0) is 13.1 Å². The van der Waals surface area contributed by atoms with Crippen LogP contribution in [0, 0.1) is 11.8 Å². The number of hydrogen-bond donors (Lipinski definition) is 0. The molecule has 0 aliphatic heterocycles. The van der Waals surface area contributed by atoms with Crippen molar-refractivity contribution in [2.45, 2.75) is 40.8 Å². The molecule has 2 rings (SSSR count). The van der Waals surface area contributed by atoms with Gasteiger partial charge in [0.25, 0.3) is 0 Å². The Morgan fingerprint density at radius 3 is 2.70 bits per heavy atom. The van der Waals surface area contributed by atoms with Crippen LogP contribution in [0.15, 0.2) is 24.8 Å². The molecule has 0 fully saturated rings. The van der Waals surface area contributed by atoms with Crippen LogP contribution in [0.4, 0.5) is 0 Å². The zero-order chi connectivity index (χ0) is 14.7. The van der Waals surface area contributed by atoms with E-state index in [0.717, 1.165) is 17.9 Å². The average molecular weight is 274 g/mol. The number of ketones is 1. The molecule has 0 unspecified atom stereocenters. The third kappa shape index (κ3) is 3.35. The first-order valence-electron chi connectivity index (χ1n) is 7.04. The molecule has 108 valence electrons. The molecule has 0 aromatic carbocycles. The Hall–Kier alpha value is -1.91. The van der Waals surface area contributed by atoms with Crippen LogP contribution in [-0.4, -0.2) is 25.1 Å². The molecule has 2 aromatic rings. The van der Waals surface area contributed by atoms with E-state index in [1.165, 1.54) is 0 Å². The minimum atomic E-state index is 0.0236. The lowest BCUT2D eigenvalue weighted by atomic mass is 10.0. The van der Waals surface area contributed by atoms with E-state index in [1.807, 2.05) is 41.6 Å². The van der Waals surface area contributed by atoms with Crippen LogP contribution >= 0.6 is 0 Å². The molecule has 5 heteroatoms. The number of rotatable bonds is 6. The fraction of sp³-hybridized carbons (Fsp3) is 0.533. The Balaban J connectivity index is 2.11. The smallest absolute Gasteiger partial charge is 0.166 e. The molecule has 0 N–H and O–H groups in total. The summed E-state index contributed by atoms with van der Waals surface area (Å²) in [7, 11) is 0. The Kier molecular flexibility index (Phi) is 4.37. The summed E-state index contributed by atoms with van der Waals surface area (Å²) in [6, 6.07) is 1.87. The van der Waals surface area contributed by atoms with E-state index in [2.05, 4.69) is 23.9 Å². The molecule has 0 saturated heterocycles. The van der Waals surface area contributed by atoms with Gasteiger partial charge in [-0.3, -0.25) is 4.79 Å². The minimum Gasteiger partial charge on any atom is -0.346 e. The van der Waals surface area contributed by atoms with Crippen molar-refractivity contribution in [2.24, 2.45) is 11.8 Å². The second-order valence-electron chi connectivity index (χ2n) is 5.84. The standard InChI is InChI=1S/C15H22N4O/c1-11(2)7-19-14(16-10-17-19)9-18-6-5-13(8-18)15(20)12(3)4/h5-6,8,10-12H,7,9H2,1-4H3. The Labute approximate surface area is 119 Å². The molecule has 0 atom stereocenters. The van der Waals surface area contributed by atoms with Gasteiger partial charge in [-0.15, -0.1) is 0 Å². The summed E-state index contributed by atoms with van der Waals surface area (Å²) in [6.07, 6.45) is 5.39. The normalized spacial score (nSPS) is 11.5. The molecular formula is C15H22N4O. The van der Waals surface area contributed by atoms with Gasteiger partial charge in [0, 0.05) is 30.4 Å². The van der Waals surface area contributed by atoms with E-state index in [0.29, 0.717) is 12.5 Å². The highest BCUT2D eigenvalue weighted by molar-refractivity contribution is 5.97. The first-order valence-corrected chi connectivity index (χ1v) is 7.04. The highest BCUT2D eigenvalue weighted by atomic mass is 16.1. The van der Waals surface area contributed by atoms with E-state index in [1.54, 1.807) is 6.33 Å². The van der Waals surface area contributed by atoms with Crippen molar-refractivity contribution in [1.82, 2.24) is 19.3 Å². The molecule has 0 aliphatic rings. The Morgan fingerprint density at radius 2 is 2.05 bits per heavy atom. The zero-order valence-corrected chi connectivity index (χ0v) is 12.6. The lowest BCUT2D eigenvalue weighted by Crippen LogP contribution is -2.13. The molecule has 0 radical (unpaired) electrons. The SMILES string of the molecule is CC(C)Cn1ncnc1Cn1ccc(C(=O)C(C)C)c1. The number of Topliss-reactive ketones (excluding diaryl/α,β-unsaturated/α-hetero) is 1. The second kappa shape index (κ2) is 6.03. The van der Waals surface area contributed by atoms with Crippen LogP contribution in [0.25, 0.3) is 0 Å². The summed E-state index contributed by atoms with van der Waals surface area (Å²) < 4.78 is 3.91. The molecule has 0 bridgehead atoms. The number of hydrogen-bond acceptors (Lipinski definition) is 3. The van der Waals surface area contributed by atoms with Crippen molar-refractivity contribution >= 4 is 5.78 Å². The first kappa shape index (κ1) is 14.5. The van der Waals surface area contributed by atoms with E-state index in [4.69, 9.17) is 0 Å². The predicted molar refractivity (Wildman–Crippen MR) is 77.6 cm³/mol. The largest absolute Gasteiger partial charge is 0.346 e. The number of carbonyl (C=O) groups is 1. The Bertz CT molecular complexity index is 580. The quantitative estimate of drug-likeness (QED) is 0.761. The summed E-state index contributed by atoms with van der Waals surface area (Å²) in [6.45, 7) is 9.63. The molecule has 0 spiro atoms. The number of carbonyl (C=O) groups excluding carboxylic acids is 1. The van der Waals surface area contributed by atoms with Gasteiger partial charge in [-0.25, -0.2) is 9.67 Å². The summed E-state index contributed by atoms with van der Waals surface area (Å²) in [5, 5.41) is 4.25. The van der Waals surface area contributed by atoms with Gasteiger partial charge in [0.15, 0.2) is 5.78 Å². The van der Waals surface area contributed by atoms with Crippen molar-refractivity contribution in [3.8, 4) is 0 Å². The lowest BCUT2D eigenvalue weighted by Gasteiger charge is -2.09. The van der Waals surface area contributed by atoms with E-state index < -0.39 is 0 Å². The van der Waals surface area contributed by atoms with Gasteiger partial charge in [0.05, 0.1) is 6.54 Å². The van der Waals surface area contributed by atoms with E-state index in [9.17, 15) is 4.79 Å². The van der Waals surface area contributed by atoms with Gasteiger partial charge >= 0.3 is 0 Å². The molecule has 0 aliphatic carbocycles. The molecule has 0 saturated carbocycles.